The second-order valence-electron chi connectivity index (χ2n) is 6.65. The van der Waals surface area contributed by atoms with Crippen molar-refractivity contribution < 1.29 is 9.53 Å². The number of imidazole rings is 1. The summed E-state index contributed by atoms with van der Waals surface area (Å²) in [5, 5.41) is 13.8. The molecule has 8 nitrogen and oxygen atoms in total. The Morgan fingerprint density at radius 3 is 2.50 bits per heavy atom. The average molecular weight is 400 g/mol. The van der Waals surface area contributed by atoms with Crippen LogP contribution in [-0.4, -0.2) is 25.8 Å². The summed E-state index contributed by atoms with van der Waals surface area (Å²) >= 11 is 0. The van der Waals surface area contributed by atoms with Crippen molar-refractivity contribution in [2.45, 2.75) is 13.8 Å². The maximum Gasteiger partial charge on any atom is 0.323 e. The molecule has 30 heavy (non-hydrogen) atoms. The Morgan fingerprint density at radius 2 is 1.80 bits per heavy atom. The van der Waals surface area contributed by atoms with Gasteiger partial charge in [0.05, 0.1) is 0 Å². The van der Waals surface area contributed by atoms with E-state index in [1.54, 1.807) is 59.7 Å². The minimum Gasteiger partial charge on any atom is -0.438 e. The topological polar surface area (TPSA) is 94.0 Å². The van der Waals surface area contributed by atoms with E-state index in [0.29, 0.717) is 23.1 Å². The number of anilines is 2. The van der Waals surface area contributed by atoms with Crippen LogP contribution < -0.4 is 15.4 Å². The fourth-order valence-corrected chi connectivity index (χ4v) is 2.80. The number of amides is 2. The van der Waals surface area contributed by atoms with Crippen molar-refractivity contribution in [1.29, 1.82) is 0 Å². The first-order valence-electron chi connectivity index (χ1n) is 9.33. The molecule has 0 atom stereocenters. The molecule has 2 N–H and O–H groups in total. The van der Waals surface area contributed by atoms with Gasteiger partial charge in [-0.1, -0.05) is 12.1 Å². The average Bonchev–Trinajstić information content (AvgIpc) is 3.28. The van der Waals surface area contributed by atoms with Crippen LogP contribution in [0.5, 0.6) is 11.6 Å². The van der Waals surface area contributed by atoms with Crippen molar-refractivity contribution in [3.8, 4) is 17.4 Å². The Labute approximate surface area is 173 Å². The third-order valence-corrected chi connectivity index (χ3v) is 4.58. The van der Waals surface area contributed by atoms with E-state index in [-0.39, 0.29) is 6.03 Å². The van der Waals surface area contributed by atoms with Crippen molar-refractivity contribution in [2.75, 3.05) is 10.6 Å². The smallest absolute Gasteiger partial charge is 0.323 e. The highest BCUT2D eigenvalue weighted by molar-refractivity contribution is 6.00. The molecule has 4 rings (SSSR count). The first kappa shape index (κ1) is 19.1. The zero-order valence-electron chi connectivity index (χ0n) is 16.5. The standard InChI is InChI=1S/C22H20N6O2/c1-15-4-3-5-19(16(15)2)25-22(29)24-17-6-8-18(9-7-17)30-21-11-10-20(26-27-21)28-13-12-23-14-28/h3-14H,1-2H3,(H2,24,25,29). The van der Waals surface area contributed by atoms with Gasteiger partial charge in [0.2, 0.25) is 5.88 Å². The van der Waals surface area contributed by atoms with Gasteiger partial charge in [-0.05, 0) is 61.4 Å². The van der Waals surface area contributed by atoms with Crippen LogP contribution in [0, 0.1) is 13.8 Å². The molecule has 0 aliphatic carbocycles. The molecule has 8 heteroatoms. The molecule has 0 fully saturated rings. The molecule has 0 bridgehead atoms. The molecule has 0 aliphatic rings. The normalized spacial score (nSPS) is 10.5. The Bertz CT molecular complexity index is 1140. The third kappa shape index (κ3) is 4.44. The van der Waals surface area contributed by atoms with Crippen molar-refractivity contribution in [3.05, 3.63) is 84.4 Å². The maximum atomic E-state index is 12.3. The summed E-state index contributed by atoms with van der Waals surface area (Å²) in [6.45, 7) is 3.98. The van der Waals surface area contributed by atoms with Gasteiger partial charge in [-0.2, -0.15) is 0 Å². The van der Waals surface area contributed by atoms with Gasteiger partial charge in [0.1, 0.15) is 12.1 Å². The molecule has 0 radical (unpaired) electrons. The van der Waals surface area contributed by atoms with Crippen molar-refractivity contribution in [3.63, 3.8) is 0 Å². The number of urea groups is 1. The predicted octanol–water partition coefficient (Wildman–Crippen LogP) is 4.72. The van der Waals surface area contributed by atoms with E-state index in [0.717, 1.165) is 16.8 Å². The van der Waals surface area contributed by atoms with Crippen LogP contribution in [0.2, 0.25) is 0 Å². The van der Waals surface area contributed by atoms with Crippen LogP contribution in [0.4, 0.5) is 16.2 Å². The zero-order valence-corrected chi connectivity index (χ0v) is 16.5. The van der Waals surface area contributed by atoms with E-state index in [2.05, 4.69) is 25.8 Å². The first-order chi connectivity index (χ1) is 14.6. The second kappa shape index (κ2) is 8.44. The summed E-state index contributed by atoms with van der Waals surface area (Å²) in [7, 11) is 0. The molecule has 0 saturated heterocycles. The molecule has 2 amide bonds. The van der Waals surface area contributed by atoms with Gasteiger partial charge in [0.15, 0.2) is 5.82 Å². The van der Waals surface area contributed by atoms with Gasteiger partial charge < -0.3 is 15.4 Å². The number of nitrogens with one attached hydrogen (secondary N) is 2. The highest BCUT2D eigenvalue weighted by Crippen LogP contribution is 2.22. The highest BCUT2D eigenvalue weighted by atomic mass is 16.5. The number of nitrogens with zero attached hydrogens (tertiary/aromatic N) is 4. The predicted molar refractivity (Wildman–Crippen MR) is 114 cm³/mol. The van der Waals surface area contributed by atoms with E-state index in [1.165, 1.54) is 0 Å². The number of carbonyl (C=O) groups is 1. The zero-order chi connectivity index (χ0) is 20.9. The summed E-state index contributed by atoms with van der Waals surface area (Å²) < 4.78 is 7.46. The Hall–Kier alpha value is -4.20. The number of hydrogen-bond donors (Lipinski definition) is 2. The fraction of sp³-hybridized carbons (Fsp3) is 0.0909. The molecule has 150 valence electrons. The van der Waals surface area contributed by atoms with Crippen LogP contribution >= 0.6 is 0 Å². The summed E-state index contributed by atoms with van der Waals surface area (Å²) in [6.07, 6.45) is 5.10. The maximum absolute atomic E-state index is 12.3. The van der Waals surface area contributed by atoms with Gasteiger partial charge in [-0.3, -0.25) is 4.57 Å². The number of hydrogen-bond acceptors (Lipinski definition) is 5. The summed E-state index contributed by atoms with van der Waals surface area (Å²) in [4.78, 5) is 16.3. The summed E-state index contributed by atoms with van der Waals surface area (Å²) in [5.74, 6) is 1.60. The fourth-order valence-electron chi connectivity index (χ4n) is 2.80. The van der Waals surface area contributed by atoms with Crippen molar-refractivity contribution in [2.24, 2.45) is 0 Å². The molecule has 0 aliphatic heterocycles. The summed E-state index contributed by atoms with van der Waals surface area (Å²) in [5.41, 5.74) is 3.59. The van der Waals surface area contributed by atoms with Crippen LogP contribution in [0.3, 0.4) is 0 Å². The van der Waals surface area contributed by atoms with E-state index in [4.69, 9.17) is 4.74 Å². The number of ether oxygens (including phenoxy) is 1. The van der Waals surface area contributed by atoms with Gasteiger partial charge in [-0.25, -0.2) is 9.78 Å². The largest absolute Gasteiger partial charge is 0.438 e. The molecule has 2 heterocycles. The number of benzene rings is 2. The van der Waals surface area contributed by atoms with E-state index in [1.807, 2.05) is 32.0 Å². The molecule has 2 aromatic heterocycles. The number of carbonyl (C=O) groups excluding carboxylic acids is 1. The second-order valence-corrected chi connectivity index (χ2v) is 6.65. The van der Waals surface area contributed by atoms with E-state index in [9.17, 15) is 4.79 Å². The lowest BCUT2D eigenvalue weighted by Gasteiger charge is -2.12. The van der Waals surface area contributed by atoms with Crippen LogP contribution in [0.15, 0.2) is 73.3 Å². The lowest BCUT2D eigenvalue weighted by Crippen LogP contribution is -2.20. The van der Waals surface area contributed by atoms with Crippen LogP contribution in [-0.2, 0) is 0 Å². The first-order valence-corrected chi connectivity index (χ1v) is 9.33. The molecule has 0 spiro atoms. The lowest BCUT2D eigenvalue weighted by molar-refractivity contribution is 0.262. The molecular weight excluding hydrogens is 380 g/mol. The SMILES string of the molecule is Cc1cccc(NC(=O)Nc2ccc(Oc3ccc(-n4ccnc4)nn3)cc2)c1C. The minimum absolute atomic E-state index is 0.307. The molecule has 0 unspecified atom stereocenters. The van der Waals surface area contributed by atoms with Crippen LogP contribution in [0.25, 0.3) is 5.82 Å². The number of aryl methyl sites for hydroxylation is 1. The number of aromatic nitrogens is 4. The van der Waals surface area contributed by atoms with Gasteiger partial charge in [0.25, 0.3) is 0 Å². The lowest BCUT2D eigenvalue weighted by atomic mass is 10.1. The van der Waals surface area contributed by atoms with Crippen LogP contribution in [0.1, 0.15) is 11.1 Å². The monoisotopic (exact) mass is 400 g/mol. The van der Waals surface area contributed by atoms with E-state index >= 15 is 0 Å². The Kier molecular flexibility index (Phi) is 5.38. The van der Waals surface area contributed by atoms with Crippen molar-refractivity contribution >= 4 is 17.4 Å². The molecule has 4 aromatic rings. The molecular formula is C22H20N6O2. The summed E-state index contributed by atoms with van der Waals surface area (Å²) in [6, 6.07) is 16.0. The van der Waals surface area contributed by atoms with E-state index < -0.39 is 0 Å². The Balaban J connectivity index is 1.36. The third-order valence-electron chi connectivity index (χ3n) is 4.58. The Morgan fingerprint density at radius 1 is 0.967 bits per heavy atom. The highest BCUT2D eigenvalue weighted by Gasteiger charge is 2.07. The quantitative estimate of drug-likeness (QED) is 0.506. The van der Waals surface area contributed by atoms with Gasteiger partial charge in [-0.15, -0.1) is 10.2 Å². The minimum atomic E-state index is -0.307. The molecule has 0 saturated carbocycles. The van der Waals surface area contributed by atoms with Gasteiger partial charge >= 0.3 is 6.03 Å². The van der Waals surface area contributed by atoms with Crippen molar-refractivity contribution in [1.82, 2.24) is 19.7 Å². The molecule has 2 aromatic carbocycles. The number of rotatable bonds is 5. The van der Waals surface area contributed by atoms with Gasteiger partial charge in [0, 0.05) is 29.8 Å².